The Morgan fingerprint density at radius 2 is 2.00 bits per heavy atom. The summed E-state index contributed by atoms with van der Waals surface area (Å²) in [5, 5.41) is 5.64. The van der Waals surface area contributed by atoms with Crippen LogP contribution in [-0.4, -0.2) is 6.61 Å². The lowest BCUT2D eigenvalue weighted by Crippen LogP contribution is -2.17. The monoisotopic (exact) mass is 417 g/mol. The van der Waals surface area contributed by atoms with Crippen LogP contribution in [0.1, 0.15) is 30.3 Å². The van der Waals surface area contributed by atoms with E-state index in [1.807, 2.05) is 6.92 Å². The molecule has 0 saturated heterocycles. The van der Waals surface area contributed by atoms with Gasteiger partial charge in [0.25, 0.3) is 0 Å². The summed E-state index contributed by atoms with van der Waals surface area (Å²) in [6.45, 7) is 5.65. The lowest BCUT2D eigenvalue weighted by Gasteiger charge is -2.14. The molecule has 2 nitrogen and oxygen atoms in total. The van der Waals surface area contributed by atoms with E-state index in [0.717, 1.165) is 21.2 Å². The van der Waals surface area contributed by atoms with Gasteiger partial charge in [0.15, 0.2) is 0 Å². The highest BCUT2D eigenvalue weighted by Gasteiger charge is 2.10. The number of thiophene rings is 1. The summed E-state index contributed by atoms with van der Waals surface area (Å²) in [6, 6.07) is 8.81. The van der Waals surface area contributed by atoms with Gasteiger partial charge in [0.2, 0.25) is 0 Å². The molecule has 2 aromatic rings. The fourth-order valence-corrected chi connectivity index (χ4v) is 4.17. The molecule has 5 heteroatoms. The van der Waals surface area contributed by atoms with E-state index in [1.165, 1.54) is 10.4 Å². The molecule has 0 spiro atoms. The van der Waals surface area contributed by atoms with E-state index in [2.05, 4.69) is 73.7 Å². The van der Waals surface area contributed by atoms with Gasteiger partial charge >= 0.3 is 0 Å². The van der Waals surface area contributed by atoms with Crippen LogP contribution in [0.5, 0.6) is 5.75 Å². The molecule has 108 valence electrons. The number of hydrogen-bond acceptors (Lipinski definition) is 3. The van der Waals surface area contributed by atoms with Crippen LogP contribution in [-0.2, 0) is 6.54 Å². The molecule has 0 aliphatic carbocycles. The minimum atomic E-state index is 0.360. The molecule has 2 rings (SSSR count). The number of hydrogen-bond donors (Lipinski definition) is 1. The number of rotatable bonds is 6. The van der Waals surface area contributed by atoms with Gasteiger partial charge < -0.3 is 10.1 Å². The average molecular weight is 419 g/mol. The first-order valence-electron chi connectivity index (χ1n) is 6.49. The molecule has 0 unspecified atom stereocenters. The van der Waals surface area contributed by atoms with Crippen molar-refractivity contribution in [1.82, 2.24) is 5.32 Å². The lowest BCUT2D eigenvalue weighted by atomic mass is 10.2. The van der Waals surface area contributed by atoms with Gasteiger partial charge in [-0.3, -0.25) is 0 Å². The number of ether oxygens (including phenoxy) is 1. The summed E-state index contributed by atoms with van der Waals surface area (Å²) in [4.78, 5) is 1.36. The van der Waals surface area contributed by atoms with Crippen molar-refractivity contribution in [1.29, 1.82) is 0 Å². The van der Waals surface area contributed by atoms with Gasteiger partial charge in [-0.25, -0.2) is 0 Å². The van der Waals surface area contributed by atoms with Gasteiger partial charge in [-0.05, 0) is 74.8 Å². The lowest BCUT2D eigenvalue weighted by molar-refractivity contribution is 0.336. The molecule has 0 fully saturated rings. The Labute approximate surface area is 140 Å². The summed E-state index contributed by atoms with van der Waals surface area (Å²) >= 11 is 8.91. The van der Waals surface area contributed by atoms with Gasteiger partial charge in [-0.2, -0.15) is 0 Å². The predicted molar refractivity (Wildman–Crippen MR) is 92.6 cm³/mol. The van der Waals surface area contributed by atoms with Crippen LogP contribution in [0.4, 0.5) is 0 Å². The summed E-state index contributed by atoms with van der Waals surface area (Å²) in [7, 11) is 0. The van der Waals surface area contributed by atoms with Crippen molar-refractivity contribution in [2.45, 2.75) is 26.4 Å². The highest BCUT2D eigenvalue weighted by Crippen LogP contribution is 2.35. The Morgan fingerprint density at radius 1 is 1.30 bits per heavy atom. The third-order valence-electron chi connectivity index (χ3n) is 2.93. The SMILES string of the molecule is CCOc1c(Br)cc(CN[C@H](C)c2cccs2)cc1Br. The zero-order chi connectivity index (χ0) is 14.5. The second kappa shape index (κ2) is 7.59. The van der Waals surface area contributed by atoms with Crippen molar-refractivity contribution >= 4 is 43.2 Å². The van der Waals surface area contributed by atoms with E-state index in [0.29, 0.717) is 12.6 Å². The number of benzene rings is 1. The predicted octanol–water partition coefficient (Wildman–Crippen LogP) is 5.52. The van der Waals surface area contributed by atoms with Gasteiger partial charge in [0, 0.05) is 17.5 Å². The maximum Gasteiger partial charge on any atom is 0.147 e. The van der Waals surface area contributed by atoms with E-state index in [4.69, 9.17) is 4.74 Å². The molecule has 1 aromatic heterocycles. The molecule has 0 aliphatic rings. The minimum Gasteiger partial charge on any atom is -0.492 e. The minimum absolute atomic E-state index is 0.360. The highest BCUT2D eigenvalue weighted by atomic mass is 79.9. The molecule has 20 heavy (non-hydrogen) atoms. The van der Waals surface area contributed by atoms with E-state index < -0.39 is 0 Å². The van der Waals surface area contributed by atoms with Crippen molar-refractivity contribution in [2.75, 3.05) is 6.61 Å². The Kier molecular flexibility index (Phi) is 6.08. The van der Waals surface area contributed by atoms with Crippen molar-refractivity contribution in [3.63, 3.8) is 0 Å². The molecule has 0 amide bonds. The van der Waals surface area contributed by atoms with Crippen LogP contribution in [0, 0.1) is 0 Å². The van der Waals surface area contributed by atoms with Crippen molar-refractivity contribution in [3.8, 4) is 5.75 Å². The molecular formula is C15H17Br2NOS. The van der Waals surface area contributed by atoms with E-state index in [1.54, 1.807) is 11.3 Å². The summed E-state index contributed by atoms with van der Waals surface area (Å²) < 4.78 is 7.56. The Morgan fingerprint density at radius 3 is 2.55 bits per heavy atom. The zero-order valence-corrected chi connectivity index (χ0v) is 15.4. The molecule has 0 radical (unpaired) electrons. The fraction of sp³-hybridized carbons (Fsp3) is 0.333. The summed E-state index contributed by atoms with van der Waals surface area (Å²) in [5.41, 5.74) is 1.22. The van der Waals surface area contributed by atoms with E-state index >= 15 is 0 Å². The average Bonchev–Trinajstić information content (AvgIpc) is 2.94. The molecule has 0 saturated carbocycles. The van der Waals surface area contributed by atoms with Crippen LogP contribution in [0.2, 0.25) is 0 Å². The second-order valence-corrected chi connectivity index (χ2v) is 7.13. The van der Waals surface area contributed by atoms with Gasteiger partial charge in [0.05, 0.1) is 15.6 Å². The first-order valence-corrected chi connectivity index (χ1v) is 8.96. The van der Waals surface area contributed by atoms with Crippen molar-refractivity contribution < 1.29 is 4.74 Å². The molecule has 0 aliphatic heterocycles. The highest BCUT2D eigenvalue weighted by molar-refractivity contribution is 9.11. The van der Waals surface area contributed by atoms with Crippen LogP contribution >= 0.6 is 43.2 Å². The molecule has 1 heterocycles. The van der Waals surface area contributed by atoms with Crippen LogP contribution in [0.3, 0.4) is 0 Å². The number of halogens is 2. The van der Waals surface area contributed by atoms with E-state index in [-0.39, 0.29) is 0 Å². The molecule has 1 atom stereocenters. The topological polar surface area (TPSA) is 21.3 Å². The maximum absolute atomic E-state index is 5.59. The second-order valence-electron chi connectivity index (χ2n) is 4.44. The summed E-state index contributed by atoms with van der Waals surface area (Å²) in [6.07, 6.45) is 0. The molecular weight excluding hydrogens is 402 g/mol. The molecule has 1 aromatic carbocycles. The Bertz CT molecular complexity index is 534. The normalized spacial score (nSPS) is 12.4. The van der Waals surface area contributed by atoms with Crippen LogP contribution < -0.4 is 10.1 Å². The zero-order valence-electron chi connectivity index (χ0n) is 11.5. The quantitative estimate of drug-likeness (QED) is 0.666. The smallest absolute Gasteiger partial charge is 0.147 e. The van der Waals surface area contributed by atoms with Crippen molar-refractivity contribution in [2.24, 2.45) is 0 Å². The summed E-state index contributed by atoms with van der Waals surface area (Å²) in [5.74, 6) is 0.863. The van der Waals surface area contributed by atoms with Crippen LogP contribution in [0.15, 0.2) is 38.6 Å². The third-order valence-corrected chi connectivity index (χ3v) is 5.16. The standard InChI is InChI=1S/C15H17Br2NOS/c1-3-19-15-12(16)7-11(8-13(15)17)9-18-10(2)14-5-4-6-20-14/h4-8,10,18H,3,9H2,1-2H3/t10-/m1/s1. The largest absolute Gasteiger partial charge is 0.492 e. The van der Waals surface area contributed by atoms with Gasteiger partial charge in [-0.15, -0.1) is 11.3 Å². The van der Waals surface area contributed by atoms with Crippen LogP contribution in [0.25, 0.3) is 0 Å². The maximum atomic E-state index is 5.59. The van der Waals surface area contributed by atoms with Gasteiger partial charge in [0.1, 0.15) is 5.75 Å². The first kappa shape index (κ1) is 16.0. The Hall–Kier alpha value is -0.360. The fourth-order valence-electron chi connectivity index (χ4n) is 1.91. The van der Waals surface area contributed by atoms with Gasteiger partial charge in [-0.1, -0.05) is 6.07 Å². The third kappa shape index (κ3) is 4.07. The Balaban J connectivity index is 2.03. The van der Waals surface area contributed by atoms with E-state index in [9.17, 15) is 0 Å². The number of nitrogens with one attached hydrogen (secondary N) is 1. The van der Waals surface area contributed by atoms with Crippen molar-refractivity contribution in [3.05, 3.63) is 49.0 Å². The molecule has 0 bridgehead atoms. The molecule has 1 N–H and O–H groups in total. The first-order chi connectivity index (χ1) is 9.61.